The molecular weight excluding hydrogens is 272 g/mol. The average Bonchev–Trinajstić information content (AvgIpc) is 2.54. The van der Waals surface area contributed by atoms with Gasteiger partial charge in [-0.2, -0.15) is 0 Å². The Bertz CT molecular complexity index is 533. The summed E-state index contributed by atoms with van der Waals surface area (Å²) >= 11 is 0. The van der Waals surface area contributed by atoms with E-state index in [1.165, 1.54) is 0 Å². The lowest BCUT2D eigenvalue weighted by Crippen LogP contribution is -2.45. The van der Waals surface area contributed by atoms with E-state index in [4.69, 9.17) is 15.7 Å². The maximum Gasteiger partial charge on any atom is 0.321 e. The van der Waals surface area contributed by atoms with E-state index < -0.39 is 0 Å². The molecule has 1 aromatic carbocycles. The molecule has 1 aliphatic rings. The molecule has 1 atom stereocenters. The fraction of sp³-hybridized carbons (Fsp3) is 0.429. The van der Waals surface area contributed by atoms with E-state index in [0.29, 0.717) is 24.5 Å². The van der Waals surface area contributed by atoms with Gasteiger partial charge in [0.1, 0.15) is 11.6 Å². The number of benzene rings is 1. The SMILES string of the molecule is COc1ccccc1NC(=O)N1CCCC(C(N)=NO)C1. The largest absolute Gasteiger partial charge is 0.495 e. The lowest BCUT2D eigenvalue weighted by Gasteiger charge is -2.32. The van der Waals surface area contributed by atoms with Crippen LogP contribution in [0.15, 0.2) is 29.4 Å². The van der Waals surface area contributed by atoms with Crippen molar-refractivity contribution in [1.29, 1.82) is 0 Å². The van der Waals surface area contributed by atoms with Crippen molar-refractivity contribution in [3.05, 3.63) is 24.3 Å². The Labute approximate surface area is 123 Å². The number of amides is 2. The van der Waals surface area contributed by atoms with E-state index in [2.05, 4.69) is 10.5 Å². The molecule has 7 heteroatoms. The summed E-state index contributed by atoms with van der Waals surface area (Å²) in [5, 5.41) is 14.6. The lowest BCUT2D eigenvalue weighted by atomic mass is 9.97. The molecule has 7 nitrogen and oxygen atoms in total. The number of hydrogen-bond acceptors (Lipinski definition) is 4. The number of amidine groups is 1. The summed E-state index contributed by atoms with van der Waals surface area (Å²) in [5.74, 6) is 0.674. The number of anilines is 1. The molecule has 1 aliphatic heterocycles. The first-order valence-electron chi connectivity index (χ1n) is 6.82. The highest BCUT2D eigenvalue weighted by Gasteiger charge is 2.26. The number of oxime groups is 1. The third-order valence-electron chi connectivity index (χ3n) is 3.59. The molecule has 2 amide bonds. The van der Waals surface area contributed by atoms with E-state index in [0.717, 1.165) is 12.8 Å². The molecule has 1 heterocycles. The number of urea groups is 1. The van der Waals surface area contributed by atoms with Crippen molar-refractivity contribution in [2.24, 2.45) is 16.8 Å². The molecule has 0 radical (unpaired) electrons. The van der Waals surface area contributed by atoms with Gasteiger partial charge in [0.2, 0.25) is 0 Å². The number of hydrogen-bond donors (Lipinski definition) is 3. The van der Waals surface area contributed by atoms with E-state index in [-0.39, 0.29) is 17.8 Å². The summed E-state index contributed by atoms with van der Waals surface area (Å²) in [7, 11) is 1.56. The third kappa shape index (κ3) is 3.56. The number of piperidine rings is 1. The number of rotatable bonds is 3. The van der Waals surface area contributed by atoms with Crippen LogP contribution in [0.4, 0.5) is 10.5 Å². The Morgan fingerprint density at radius 2 is 2.29 bits per heavy atom. The standard InChI is InChI=1S/C14H20N4O3/c1-21-12-7-3-2-6-11(12)16-14(19)18-8-4-5-10(9-18)13(15)17-20/h2-3,6-7,10,20H,4-5,8-9H2,1H3,(H2,15,17)(H,16,19). The van der Waals surface area contributed by atoms with Crippen LogP contribution in [-0.4, -0.2) is 42.2 Å². The number of nitrogens with zero attached hydrogens (tertiary/aromatic N) is 2. The van der Waals surface area contributed by atoms with Crippen LogP contribution in [0, 0.1) is 5.92 Å². The van der Waals surface area contributed by atoms with Crippen molar-refractivity contribution >= 4 is 17.6 Å². The lowest BCUT2D eigenvalue weighted by molar-refractivity contribution is 0.189. The van der Waals surface area contributed by atoms with Gasteiger partial charge in [0.05, 0.1) is 12.8 Å². The van der Waals surface area contributed by atoms with E-state index in [1.54, 1.807) is 24.1 Å². The number of para-hydroxylation sites is 2. The topological polar surface area (TPSA) is 100 Å². The molecule has 2 rings (SSSR count). The first kappa shape index (κ1) is 15.0. The van der Waals surface area contributed by atoms with Crippen molar-refractivity contribution in [3.63, 3.8) is 0 Å². The highest BCUT2D eigenvalue weighted by molar-refractivity contribution is 5.91. The fourth-order valence-electron chi connectivity index (χ4n) is 2.43. The quantitative estimate of drug-likeness (QED) is 0.341. The van der Waals surface area contributed by atoms with Gasteiger partial charge < -0.3 is 25.9 Å². The van der Waals surface area contributed by atoms with Crippen LogP contribution in [0.3, 0.4) is 0 Å². The van der Waals surface area contributed by atoms with Gasteiger partial charge in [-0.05, 0) is 25.0 Å². The monoisotopic (exact) mass is 292 g/mol. The number of likely N-dealkylation sites (tertiary alicyclic amines) is 1. The van der Waals surface area contributed by atoms with Gasteiger partial charge in [0.25, 0.3) is 0 Å². The van der Waals surface area contributed by atoms with Crippen LogP contribution >= 0.6 is 0 Å². The maximum absolute atomic E-state index is 12.3. The zero-order valence-electron chi connectivity index (χ0n) is 12.0. The minimum absolute atomic E-state index is 0.104. The molecule has 1 unspecified atom stereocenters. The van der Waals surface area contributed by atoms with E-state index in [9.17, 15) is 4.79 Å². The molecule has 1 aromatic rings. The minimum atomic E-state index is -0.213. The zero-order valence-corrected chi connectivity index (χ0v) is 12.0. The van der Waals surface area contributed by atoms with Crippen molar-refractivity contribution in [2.45, 2.75) is 12.8 Å². The molecule has 0 aliphatic carbocycles. The van der Waals surface area contributed by atoms with Crippen LogP contribution in [0.1, 0.15) is 12.8 Å². The van der Waals surface area contributed by atoms with Crippen molar-refractivity contribution in [3.8, 4) is 5.75 Å². The molecule has 114 valence electrons. The Morgan fingerprint density at radius 3 is 3.00 bits per heavy atom. The molecule has 0 aromatic heterocycles. The van der Waals surface area contributed by atoms with Crippen LogP contribution in [0.5, 0.6) is 5.75 Å². The molecule has 21 heavy (non-hydrogen) atoms. The summed E-state index contributed by atoms with van der Waals surface area (Å²) in [4.78, 5) is 14.0. The predicted molar refractivity (Wildman–Crippen MR) is 79.7 cm³/mol. The van der Waals surface area contributed by atoms with E-state index in [1.807, 2.05) is 12.1 Å². The van der Waals surface area contributed by atoms with Gasteiger partial charge in [-0.3, -0.25) is 0 Å². The molecule has 4 N–H and O–H groups in total. The van der Waals surface area contributed by atoms with Crippen LogP contribution in [0.2, 0.25) is 0 Å². The normalized spacial score (nSPS) is 19.2. The van der Waals surface area contributed by atoms with Gasteiger partial charge in [-0.15, -0.1) is 0 Å². The summed E-state index contributed by atoms with van der Waals surface area (Å²) in [6.07, 6.45) is 1.63. The Kier molecular flexibility index (Phi) is 4.86. The maximum atomic E-state index is 12.3. The van der Waals surface area contributed by atoms with Crippen LogP contribution < -0.4 is 15.8 Å². The van der Waals surface area contributed by atoms with E-state index >= 15 is 0 Å². The van der Waals surface area contributed by atoms with Gasteiger partial charge in [-0.1, -0.05) is 17.3 Å². The molecule has 0 bridgehead atoms. The molecular formula is C14H20N4O3. The van der Waals surface area contributed by atoms with Gasteiger partial charge in [-0.25, -0.2) is 4.79 Å². The summed E-state index contributed by atoms with van der Waals surface area (Å²) in [5.41, 5.74) is 6.25. The van der Waals surface area contributed by atoms with Crippen molar-refractivity contribution < 1.29 is 14.7 Å². The summed E-state index contributed by atoms with van der Waals surface area (Å²) in [6, 6.07) is 7.01. The molecule has 0 spiro atoms. The summed E-state index contributed by atoms with van der Waals surface area (Å²) < 4.78 is 5.20. The molecule has 1 saturated heterocycles. The highest BCUT2D eigenvalue weighted by atomic mass is 16.5. The number of carbonyl (C=O) groups is 1. The number of ether oxygens (including phenoxy) is 1. The smallest absolute Gasteiger partial charge is 0.321 e. The Hall–Kier alpha value is -2.44. The number of methoxy groups -OCH3 is 1. The van der Waals surface area contributed by atoms with Gasteiger partial charge >= 0.3 is 6.03 Å². The summed E-state index contributed by atoms with van der Waals surface area (Å²) in [6.45, 7) is 1.09. The second-order valence-electron chi connectivity index (χ2n) is 4.94. The predicted octanol–water partition coefficient (Wildman–Crippen LogP) is 1.69. The van der Waals surface area contributed by atoms with Gasteiger partial charge in [0.15, 0.2) is 0 Å². The number of nitrogens with one attached hydrogen (secondary N) is 1. The fourth-order valence-corrected chi connectivity index (χ4v) is 2.43. The van der Waals surface area contributed by atoms with Crippen LogP contribution in [-0.2, 0) is 0 Å². The number of carbonyl (C=O) groups excluding carboxylic acids is 1. The highest BCUT2D eigenvalue weighted by Crippen LogP contribution is 2.24. The van der Waals surface area contributed by atoms with Crippen molar-refractivity contribution in [1.82, 2.24) is 4.90 Å². The first-order chi connectivity index (χ1) is 10.2. The second kappa shape index (κ2) is 6.83. The Balaban J connectivity index is 2.03. The first-order valence-corrected chi connectivity index (χ1v) is 6.82. The Morgan fingerprint density at radius 1 is 1.52 bits per heavy atom. The van der Waals surface area contributed by atoms with Gasteiger partial charge in [0, 0.05) is 19.0 Å². The minimum Gasteiger partial charge on any atom is -0.495 e. The van der Waals surface area contributed by atoms with Crippen LogP contribution in [0.25, 0.3) is 0 Å². The molecule has 0 saturated carbocycles. The zero-order chi connectivity index (χ0) is 15.2. The third-order valence-corrected chi connectivity index (χ3v) is 3.59. The average molecular weight is 292 g/mol. The van der Waals surface area contributed by atoms with Crippen molar-refractivity contribution in [2.75, 3.05) is 25.5 Å². The second-order valence-corrected chi connectivity index (χ2v) is 4.94. The molecule has 1 fully saturated rings. The number of nitrogens with two attached hydrogens (primary N) is 1.